The van der Waals surface area contributed by atoms with Crippen molar-refractivity contribution in [3.8, 4) is 11.5 Å². The molecule has 1 N–H and O–H groups in total. The summed E-state index contributed by atoms with van der Waals surface area (Å²) in [5.74, 6) is 1.19. The molecule has 1 atom stereocenters. The summed E-state index contributed by atoms with van der Waals surface area (Å²) in [6.45, 7) is 4.39. The summed E-state index contributed by atoms with van der Waals surface area (Å²) in [5, 5.41) is 3.16. The summed E-state index contributed by atoms with van der Waals surface area (Å²) in [4.78, 5) is 11.6. The minimum Gasteiger partial charge on any atom is -0.497 e. The molecular weight excluding hydrogens is 258 g/mol. The lowest BCUT2D eigenvalue weighted by atomic mass is 10.2. The molecule has 0 amide bonds. The number of rotatable bonds is 8. The molecule has 20 heavy (non-hydrogen) atoms. The Balaban J connectivity index is 2.48. The predicted molar refractivity (Wildman–Crippen MR) is 77.2 cm³/mol. The highest BCUT2D eigenvalue weighted by atomic mass is 16.5. The van der Waals surface area contributed by atoms with Gasteiger partial charge in [0.25, 0.3) is 0 Å². The van der Waals surface area contributed by atoms with E-state index in [0.29, 0.717) is 13.0 Å². The number of hydrogen-bond donors (Lipinski definition) is 1. The van der Waals surface area contributed by atoms with Crippen LogP contribution in [-0.4, -0.2) is 38.9 Å². The molecule has 1 rings (SSSR count). The summed E-state index contributed by atoms with van der Waals surface area (Å²) in [6.07, 6.45) is 0.544. The standard InChI is InChI=1S/C15H23NO4/c1-11(2)16-14(15(17)19-4)8-9-20-13-7-5-6-12(10-13)18-3/h5-7,10-11,14,16H,8-9H2,1-4H3. The number of ether oxygens (including phenoxy) is 3. The van der Waals surface area contributed by atoms with Gasteiger partial charge in [0, 0.05) is 18.5 Å². The number of benzene rings is 1. The number of hydrogen-bond acceptors (Lipinski definition) is 5. The zero-order valence-corrected chi connectivity index (χ0v) is 12.5. The fourth-order valence-electron chi connectivity index (χ4n) is 1.80. The average Bonchev–Trinajstić information content (AvgIpc) is 2.45. The molecule has 5 nitrogen and oxygen atoms in total. The molecule has 0 saturated carbocycles. The van der Waals surface area contributed by atoms with Crippen molar-refractivity contribution in [1.82, 2.24) is 5.32 Å². The van der Waals surface area contributed by atoms with Gasteiger partial charge >= 0.3 is 5.97 Å². The van der Waals surface area contributed by atoms with Crippen molar-refractivity contribution in [1.29, 1.82) is 0 Å². The molecule has 5 heteroatoms. The SMILES string of the molecule is COC(=O)C(CCOc1cccc(OC)c1)NC(C)C. The van der Waals surface area contributed by atoms with Crippen LogP contribution < -0.4 is 14.8 Å². The molecular formula is C15H23NO4. The largest absolute Gasteiger partial charge is 0.497 e. The topological polar surface area (TPSA) is 56.8 Å². The van der Waals surface area contributed by atoms with E-state index in [-0.39, 0.29) is 18.1 Å². The number of nitrogens with one attached hydrogen (secondary N) is 1. The molecule has 0 aliphatic carbocycles. The monoisotopic (exact) mass is 281 g/mol. The molecule has 0 fully saturated rings. The number of carbonyl (C=O) groups excluding carboxylic acids is 1. The molecule has 0 bridgehead atoms. The zero-order valence-electron chi connectivity index (χ0n) is 12.5. The van der Waals surface area contributed by atoms with Crippen molar-refractivity contribution < 1.29 is 19.0 Å². The van der Waals surface area contributed by atoms with Crippen molar-refractivity contribution in [3.63, 3.8) is 0 Å². The van der Waals surface area contributed by atoms with Gasteiger partial charge in [-0.05, 0) is 12.1 Å². The molecule has 0 heterocycles. The van der Waals surface area contributed by atoms with E-state index < -0.39 is 0 Å². The minimum absolute atomic E-state index is 0.205. The minimum atomic E-state index is -0.356. The first-order chi connectivity index (χ1) is 9.56. The zero-order chi connectivity index (χ0) is 15.0. The Morgan fingerprint density at radius 2 is 1.95 bits per heavy atom. The summed E-state index contributed by atoms with van der Waals surface area (Å²) in [6, 6.07) is 7.22. The van der Waals surface area contributed by atoms with Crippen molar-refractivity contribution in [2.24, 2.45) is 0 Å². The van der Waals surface area contributed by atoms with Crippen LogP contribution >= 0.6 is 0 Å². The second-order valence-corrected chi connectivity index (χ2v) is 4.71. The summed E-state index contributed by atoms with van der Waals surface area (Å²) in [7, 11) is 3.00. The van der Waals surface area contributed by atoms with Crippen LogP contribution in [0.5, 0.6) is 11.5 Å². The highest BCUT2D eigenvalue weighted by Crippen LogP contribution is 2.19. The maximum Gasteiger partial charge on any atom is 0.322 e. The quantitative estimate of drug-likeness (QED) is 0.739. The van der Waals surface area contributed by atoms with Gasteiger partial charge in [0.1, 0.15) is 17.5 Å². The van der Waals surface area contributed by atoms with Crippen LogP contribution in [0, 0.1) is 0 Å². The van der Waals surface area contributed by atoms with E-state index in [9.17, 15) is 4.79 Å². The molecule has 0 saturated heterocycles. The van der Waals surface area contributed by atoms with Gasteiger partial charge in [-0.15, -0.1) is 0 Å². The van der Waals surface area contributed by atoms with Gasteiger partial charge in [0.2, 0.25) is 0 Å². The van der Waals surface area contributed by atoms with Crippen LogP contribution in [0.15, 0.2) is 24.3 Å². The van der Waals surface area contributed by atoms with E-state index in [1.165, 1.54) is 7.11 Å². The van der Waals surface area contributed by atoms with Crippen LogP contribution in [0.4, 0.5) is 0 Å². The third kappa shape index (κ3) is 5.48. The van der Waals surface area contributed by atoms with Gasteiger partial charge in [0.15, 0.2) is 0 Å². The first-order valence-electron chi connectivity index (χ1n) is 6.67. The molecule has 1 aromatic carbocycles. The molecule has 0 spiro atoms. The normalized spacial score (nSPS) is 12.1. The Hall–Kier alpha value is -1.75. The lowest BCUT2D eigenvalue weighted by Gasteiger charge is -2.19. The predicted octanol–water partition coefficient (Wildman–Crippen LogP) is 2.00. The Bertz CT molecular complexity index is 420. The summed E-state index contributed by atoms with van der Waals surface area (Å²) in [5.41, 5.74) is 0. The third-order valence-corrected chi connectivity index (χ3v) is 2.74. The van der Waals surface area contributed by atoms with E-state index in [1.807, 2.05) is 38.1 Å². The Kier molecular flexibility index (Phi) is 6.87. The first-order valence-corrected chi connectivity index (χ1v) is 6.67. The maximum absolute atomic E-state index is 11.6. The van der Waals surface area contributed by atoms with Crippen LogP contribution in [-0.2, 0) is 9.53 Å². The van der Waals surface area contributed by atoms with Crippen LogP contribution in [0.3, 0.4) is 0 Å². The van der Waals surface area contributed by atoms with E-state index in [1.54, 1.807) is 7.11 Å². The Morgan fingerprint density at radius 3 is 2.55 bits per heavy atom. The number of esters is 1. The fraction of sp³-hybridized carbons (Fsp3) is 0.533. The van der Waals surface area contributed by atoms with Gasteiger partial charge in [-0.1, -0.05) is 19.9 Å². The second-order valence-electron chi connectivity index (χ2n) is 4.71. The van der Waals surface area contributed by atoms with E-state index in [2.05, 4.69) is 5.32 Å². The van der Waals surface area contributed by atoms with E-state index >= 15 is 0 Å². The lowest BCUT2D eigenvalue weighted by Crippen LogP contribution is -2.42. The Labute approximate surface area is 120 Å². The smallest absolute Gasteiger partial charge is 0.322 e. The highest BCUT2D eigenvalue weighted by Gasteiger charge is 2.19. The fourth-order valence-corrected chi connectivity index (χ4v) is 1.80. The van der Waals surface area contributed by atoms with Gasteiger partial charge < -0.3 is 19.5 Å². The van der Waals surface area contributed by atoms with Crippen LogP contribution in [0.1, 0.15) is 20.3 Å². The summed E-state index contributed by atoms with van der Waals surface area (Å²) >= 11 is 0. The molecule has 0 radical (unpaired) electrons. The van der Waals surface area contributed by atoms with Gasteiger partial charge in [-0.2, -0.15) is 0 Å². The van der Waals surface area contributed by atoms with E-state index in [4.69, 9.17) is 14.2 Å². The summed E-state index contributed by atoms with van der Waals surface area (Å²) < 4.78 is 15.5. The van der Waals surface area contributed by atoms with Crippen molar-refractivity contribution in [2.45, 2.75) is 32.4 Å². The molecule has 1 unspecified atom stereocenters. The average molecular weight is 281 g/mol. The van der Waals surface area contributed by atoms with Crippen molar-refractivity contribution in [3.05, 3.63) is 24.3 Å². The second kappa shape index (κ2) is 8.43. The van der Waals surface area contributed by atoms with Crippen LogP contribution in [0.2, 0.25) is 0 Å². The molecule has 112 valence electrons. The lowest BCUT2D eigenvalue weighted by molar-refractivity contribution is -0.143. The maximum atomic E-state index is 11.6. The Morgan fingerprint density at radius 1 is 1.25 bits per heavy atom. The molecule has 1 aromatic rings. The van der Waals surface area contributed by atoms with Gasteiger partial charge in [0.05, 0.1) is 20.8 Å². The number of methoxy groups -OCH3 is 2. The first kappa shape index (κ1) is 16.3. The van der Waals surface area contributed by atoms with Crippen molar-refractivity contribution in [2.75, 3.05) is 20.8 Å². The molecule has 0 aliphatic rings. The number of carbonyl (C=O) groups is 1. The van der Waals surface area contributed by atoms with Crippen LogP contribution in [0.25, 0.3) is 0 Å². The van der Waals surface area contributed by atoms with Crippen molar-refractivity contribution >= 4 is 5.97 Å². The molecule has 0 aromatic heterocycles. The van der Waals surface area contributed by atoms with Gasteiger partial charge in [-0.25, -0.2) is 0 Å². The van der Waals surface area contributed by atoms with E-state index in [0.717, 1.165) is 11.5 Å². The molecule has 0 aliphatic heterocycles. The highest BCUT2D eigenvalue weighted by molar-refractivity contribution is 5.75. The third-order valence-electron chi connectivity index (χ3n) is 2.74. The van der Waals surface area contributed by atoms with Gasteiger partial charge in [-0.3, -0.25) is 4.79 Å².